The van der Waals surface area contributed by atoms with Crippen LogP contribution in [0, 0.1) is 0 Å². The van der Waals surface area contributed by atoms with Crippen molar-refractivity contribution >= 4 is 73.8 Å². The number of nitrogens with one attached hydrogen (secondary N) is 1. The topological polar surface area (TPSA) is 54.3 Å². The number of hydrogen-bond acceptors (Lipinski definition) is 4. The number of para-hydroxylation sites is 1. The highest BCUT2D eigenvalue weighted by Gasteiger charge is 2.33. The van der Waals surface area contributed by atoms with E-state index in [-0.39, 0.29) is 17.2 Å². The third-order valence-corrected chi connectivity index (χ3v) is 6.95. The second kappa shape index (κ2) is 8.82. The van der Waals surface area contributed by atoms with Gasteiger partial charge in [-0.1, -0.05) is 52.0 Å². The molecule has 0 unspecified atom stereocenters. The van der Waals surface area contributed by atoms with E-state index in [2.05, 4.69) is 32.4 Å². The van der Waals surface area contributed by atoms with Gasteiger partial charge in [0.2, 0.25) is 0 Å². The Morgan fingerprint density at radius 1 is 1.16 bits per heavy atom. The highest BCUT2D eigenvalue weighted by atomic mass is 79.9. The van der Waals surface area contributed by atoms with Crippen LogP contribution in [-0.4, -0.2) is 32.9 Å². The van der Waals surface area contributed by atoms with Crippen molar-refractivity contribution in [2.24, 2.45) is 7.05 Å². The second-order valence-corrected chi connectivity index (χ2v) is 9.24. The molecule has 1 saturated heterocycles. The molecule has 1 aliphatic rings. The van der Waals surface area contributed by atoms with Crippen molar-refractivity contribution in [1.82, 2.24) is 14.8 Å². The van der Waals surface area contributed by atoms with Gasteiger partial charge in [-0.05, 0) is 48.6 Å². The predicted molar refractivity (Wildman–Crippen MR) is 132 cm³/mol. The molecule has 5 nitrogen and oxygen atoms in total. The lowest BCUT2D eigenvalue weighted by Crippen LogP contribution is -2.53. The number of aryl methyl sites for hydroxylation is 1. The van der Waals surface area contributed by atoms with Crippen molar-refractivity contribution in [3.8, 4) is 0 Å². The molecule has 8 heteroatoms. The molecule has 156 valence electrons. The molecule has 0 radical (unpaired) electrons. The van der Waals surface area contributed by atoms with Crippen LogP contribution >= 0.6 is 39.9 Å². The Morgan fingerprint density at radius 3 is 2.58 bits per heavy atom. The zero-order valence-electron chi connectivity index (χ0n) is 16.6. The average Bonchev–Trinajstić information content (AvgIpc) is 3.01. The van der Waals surface area contributed by atoms with Crippen LogP contribution in [0.2, 0.25) is 0 Å². The fourth-order valence-electron chi connectivity index (χ4n) is 3.41. The molecule has 4 rings (SSSR count). The Morgan fingerprint density at radius 2 is 1.87 bits per heavy atom. The molecule has 0 saturated carbocycles. The van der Waals surface area contributed by atoms with Crippen molar-refractivity contribution in [3.05, 3.63) is 76.8 Å². The number of fused-ring (bicyclic) bond motifs is 1. The van der Waals surface area contributed by atoms with Crippen LogP contribution in [0.15, 0.2) is 81.2 Å². The van der Waals surface area contributed by atoms with Gasteiger partial charge in [-0.3, -0.25) is 19.8 Å². The summed E-state index contributed by atoms with van der Waals surface area (Å²) >= 11 is 10.2. The summed E-state index contributed by atoms with van der Waals surface area (Å²) in [7, 11) is 1.98. The summed E-state index contributed by atoms with van der Waals surface area (Å²) < 4.78 is 3.07. The predicted octanol–water partition coefficient (Wildman–Crippen LogP) is 4.90. The monoisotopic (exact) mass is 511 g/mol. The number of thiocarbonyl (C=S) groups is 1. The van der Waals surface area contributed by atoms with Crippen LogP contribution in [0.25, 0.3) is 17.0 Å². The second-order valence-electron chi connectivity index (χ2n) is 6.87. The molecule has 0 atom stereocenters. The summed E-state index contributed by atoms with van der Waals surface area (Å²) in [6.07, 6.45) is 3.24. The Bertz CT molecular complexity index is 1260. The zero-order chi connectivity index (χ0) is 22.1. The average molecular weight is 512 g/mol. The minimum absolute atomic E-state index is 0.0458. The fraction of sp³-hybridized carbons (Fsp3) is 0.0870. The number of nitrogens with zero attached hydrogens (tertiary/aromatic N) is 2. The van der Waals surface area contributed by atoms with Crippen LogP contribution < -0.4 is 5.32 Å². The smallest absolute Gasteiger partial charge is 0.265 e. The molecule has 0 bridgehead atoms. The van der Waals surface area contributed by atoms with E-state index < -0.39 is 11.8 Å². The molecule has 0 aliphatic carbocycles. The van der Waals surface area contributed by atoms with Crippen molar-refractivity contribution in [1.29, 1.82) is 0 Å². The van der Waals surface area contributed by atoms with E-state index in [0.717, 1.165) is 30.9 Å². The zero-order valence-corrected chi connectivity index (χ0v) is 19.8. The number of hydrogen-bond donors (Lipinski definition) is 1. The lowest BCUT2D eigenvalue weighted by Gasteiger charge is -2.27. The first-order valence-electron chi connectivity index (χ1n) is 9.41. The lowest BCUT2D eigenvalue weighted by molar-refractivity contribution is -0.128. The van der Waals surface area contributed by atoms with E-state index in [1.165, 1.54) is 4.90 Å². The number of carbonyl (C=O) groups excluding carboxylic acids is 2. The van der Waals surface area contributed by atoms with Gasteiger partial charge in [-0.15, -0.1) is 6.58 Å². The van der Waals surface area contributed by atoms with Gasteiger partial charge in [-0.2, -0.15) is 0 Å². The molecule has 1 aliphatic heterocycles. The Hall–Kier alpha value is -2.68. The third kappa shape index (κ3) is 4.11. The van der Waals surface area contributed by atoms with E-state index in [0.29, 0.717) is 0 Å². The van der Waals surface area contributed by atoms with Crippen molar-refractivity contribution in [2.75, 3.05) is 6.54 Å². The molecule has 1 aromatic heterocycles. The van der Waals surface area contributed by atoms with E-state index in [9.17, 15) is 9.59 Å². The van der Waals surface area contributed by atoms with Crippen LogP contribution in [0.1, 0.15) is 5.56 Å². The molecular weight excluding hydrogens is 494 g/mol. The number of rotatable bonds is 5. The minimum Gasteiger partial charge on any atom is -0.338 e. The molecule has 1 N–H and O–H groups in total. The number of amides is 2. The van der Waals surface area contributed by atoms with Gasteiger partial charge in [0.1, 0.15) is 5.57 Å². The first-order chi connectivity index (χ1) is 14.9. The van der Waals surface area contributed by atoms with Crippen molar-refractivity contribution < 1.29 is 9.59 Å². The highest BCUT2D eigenvalue weighted by molar-refractivity contribution is 9.10. The largest absolute Gasteiger partial charge is 0.338 e. The Balaban J connectivity index is 1.87. The van der Waals surface area contributed by atoms with Gasteiger partial charge in [0.15, 0.2) is 5.11 Å². The molecule has 31 heavy (non-hydrogen) atoms. The van der Waals surface area contributed by atoms with Crippen LogP contribution in [0.5, 0.6) is 0 Å². The van der Waals surface area contributed by atoms with Gasteiger partial charge in [0, 0.05) is 39.4 Å². The molecule has 0 spiro atoms. The summed E-state index contributed by atoms with van der Waals surface area (Å²) in [5, 5.41) is 4.59. The van der Waals surface area contributed by atoms with Crippen LogP contribution in [0.3, 0.4) is 0 Å². The number of aromatic nitrogens is 1. The highest BCUT2D eigenvalue weighted by Crippen LogP contribution is 2.38. The molecule has 2 aromatic carbocycles. The van der Waals surface area contributed by atoms with E-state index in [1.54, 1.807) is 23.9 Å². The third-order valence-electron chi connectivity index (χ3n) is 4.90. The molecule has 3 aromatic rings. The van der Waals surface area contributed by atoms with E-state index in [4.69, 9.17) is 12.2 Å². The Labute approximate surface area is 197 Å². The number of benzene rings is 2. The van der Waals surface area contributed by atoms with Crippen molar-refractivity contribution in [2.45, 2.75) is 9.92 Å². The normalized spacial score (nSPS) is 15.6. The minimum atomic E-state index is -0.497. The molecule has 2 heterocycles. The summed E-state index contributed by atoms with van der Waals surface area (Å²) in [4.78, 5) is 28.1. The van der Waals surface area contributed by atoms with Crippen LogP contribution in [0.4, 0.5) is 0 Å². The number of halogens is 1. The van der Waals surface area contributed by atoms with Gasteiger partial charge < -0.3 is 4.57 Å². The van der Waals surface area contributed by atoms with E-state index >= 15 is 0 Å². The van der Waals surface area contributed by atoms with Gasteiger partial charge in [0.25, 0.3) is 11.8 Å². The van der Waals surface area contributed by atoms with Gasteiger partial charge in [0.05, 0.1) is 5.03 Å². The maximum atomic E-state index is 13.0. The molecular formula is C23H18BrN3O2S2. The molecule has 1 fully saturated rings. The van der Waals surface area contributed by atoms with Gasteiger partial charge >= 0.3 is 0 Å². The van der Waals surface area contributed by atoms with Crippen molar-refractivity contribution in [3.63, 3.8) is 0 Å². The lowest BCUT2D eigenvalue weighted by atomic mass is 10.1. The first kappa shape index (κ1) is 21.5. The summed E-state index contributed by atoms with van der Waals surface area (Å²) in [5.41, 5.74) is 1.87. The molecule has 2 amide bonds. The Kier molecular flexibility index (Phi) is 6.13. The van der Waals surface area contributed by atoms with Gasteiger partial charge in [-0.25, -0.2) is 0 Å². The first-order valence-corrected chi connectivity index (χ1v) is 11.4. The fourth-order valence-corrected chi connectivity index (χ4v) is 4.93. The quantitative estimate of drug-likeness (QED) is 0.229. The number of carbonyl (C=O) groups is 2. The summed E-state index contributed by atoms with van der Waals surface area (Å²) in [6.45, 7) is 3.89. The van der Waals surface area contributed by atoms with Crippen LogP contribution in [-0.2, 0) is 16.6 Å². The SMILES string of the molecule is C=CCN1C(=O)C(=Cc2c(Sc3ccc(Br)cc3)n(C)c3ccccc23)C(=O)NC1=S. The summed E-state index contributed by atoms with van der Waals surface area (Å²) in [5.74, 6) is -0.927. The standard InChI is InChI=1S/C23H18BrN3O2S2/c1-3-12-27-21(29)18(20(28)25-23(27)30)13-17-16-6-4-5-7-19(16)26(2)22(17)31-15-10-8-14(24)9-11-15/h3-11,13H,1,12H2,2H3,(H,25,28,30). The maximum absolute atomic E-state index is 13.0. The summed E-state index contributed by atoms with van der Waals surface area (Å²) in [6, 6.07) is 15.9. The maximum Gasteiger partial charge on any atom is 0.265 e. The van der Waals surface area contributed by atoms with E-state index in [1.807, 2.05) is 55.6 Å².